The monoisotopic (exact) mass is 555 g/mol. The predicted octanol–water partition coefficient (Wildman–Crippen LogP) is 5.41. The minimum absolute atomic E-state index is 0.152. The summed E-state index contributed by atoms with van der Waals surface area (Å²) in [5, 5.41) is 0.469. The van der Waals surface area contributed by atoms with E-state index in [1.165, 1.54) is 6.08 Å². The molecule has 0 saturated carbocycles. The largest absolute Gasteiger partial charge is 0.449 e. The van der Waals surface area contributed by atoms with Gasteiger partial charge in [0.05, 0.1) is 15.1 Å². The zero-order valence-corrected chi connectivity index (χ0v) is 16.7. The molecule has 22 heavy (non-hydrogen) atoms. The third-order valence-electron chi connectivity index (χ3n) is 2.72. The van der Waals surface area contributed by atoms with Gasteiger partial charge in [-0.05, 0) is 78.7 Å². The molecule has 0 unspecified atom stereocenters. The molecule has 1 aromatic carbocycles. The van der Waals surface area contributed by atoms with Crippen LogP contribution < -0.4 is 0 Å². The summed E-state index contributed by atoms with van der Waals surface area (Å²) in [5.41, 5.74) is 0.728. The number of aliphatic imine (C=N–C) groups is 1. The average molecular weight is 557 g/mol. The normalized spacial score (nSPS) is 16.1. The van der Waals surface area contributed by atoms with Gasteiger partial charge in [0.2, 0.25) is 5.90 Å². The van der Waals surface area contributed by atoms with E-state index in [1.807, 2.05) is 6.07 Å². The highest BCUT2D eigenvalue weighted by Crippen LogP contribution is 2.30. The molecule has 1 aromatic heterocycles. The lowest BCUT2D eigenvalue weighted by Gasteiger charge is -2.02. The maximum atomic E-state index is 11.9. The smallest absolute Gasteiger partial charge is 0.363 e. The summed E-state index contributed by atoms with van der Waals surface area (Å²) >= 11 is 14.8. The third kappa shape index (κ3) is 3.32. The van der Waals surface area contributed by atoms with Gasteiger partial charge in [-0.1, -0.05) is 11.6 Å². The number of furan rings is 1. The standard InChI is InChI=1S/C14H5Br2ClINO3/c15-9-4-7(21-12(9)16)5-11-14(20)22-13(19-11)8-3-6(18)1-2-10(8)17/h1-5H/b11-5-. The maximum Gasteiger partial charge on any atom is 0.363 e. The Morgan fingerprint density at radius 3 is 2.73 bits per heavy atom. The molecule has 3 rings (SSSR count). The number of esters is 1. The van der Waals surface area contributed by atoms with Gasteiger partial charge in [-0.15, -0.1) is 0 Å². The molecule has 0 saturated heterocycles. The number of nitrogens with zero attached hydrogens (tertiary/aromatic N) is 1. The number of cyclic esters (lactones) is 1. The summed E-state index contributed by atoms with van der Waals surface area (Å²) in [5.74, 6) is 0.113. The Labute approximate surface area is 161 Å². The number of rotatable bonds is 2. The first kappa shape index (κ1) is 16.2. The van der Waals surface area contributed by atoms with Crippen molar-refractivity contribution in [1.82, 2.24) is 0 Å². The van der Waals surface area contributed by atoms with E-state index in [0.29, 0.717) is 21.0 Å². The number of halogens is 4. The van der Waals surface area contributed by atoms with Gasteiger partial charge in [0, 0.05) is 9.65 Å². The van der Waals surface area contributed by atoms with Crippen LogP contribution in [0.5, 0.6) is 0 Å². The number of hydrogen-bond acceptors (Lipinski definition) is 4. The van der Waals surface area contributed by atoms with Crippen molar-refractivity contribution in [3.63, 3.8) is 0 Å². The van der Waals surface area contributed by atoms with Gasteiger partial charge in [0.25, 0.3) is 0 Å². The summed E-state index contributed by atoms with van der Waals surface area (Å²) < 4.78 is 12.8. The van der Waals surface area contributed by atoms with Gasteiger partial charge in [-0.2, -0.15) is 0 Å². The van der Waals surface area contributed by atoms with Gasteiger partial charge >= 0.3 is 5.97 Å². The quantitative estimate of drug-likeness (QED) is 0.282. The molecular formula is C14H5Br2ClINO3. The van der Waals surface area contributed by atoms with Crippen LogP contribution in [0.3, 0.4) is 0 Å². The fourth-order valence-electron chi connectivity index (χ4n) is 1.75. The molecule has 0 amide bonds. The second-order valence-electron chi connectivity index (χ2n) is 4.23. The summed E-state index contributed by atoms with van der Waals surface area (Å²) in [4.78, 5) is 16.1. The van der Waals surface area contributed by atoms with E-state index >= 15 is 0 Å². The lowest BCUT2D eigenvalue weighted by atomic mass is 10.2. The highest BCUT2D eigenvalue weighted by Gasteiger charge is 2.26. The van der Waals surface area contributed by atoms with Crippen LogP contribution in [-0.4, -0.2) is 11.9 Å². The summed E-state index contributed by atoms with van der Waals surface area (Å²) in [6.45, 7) is 0. The van der Waals surface area contributed by atoms with E-state index in [2.05, 4.69) is 59.4 Å². The Bertz CT molecular complexity index is 825. The molecule has 0 radical (unpaired) electrons. The number of carbonyl (C=O) groups is 1. The van der Waals surface area contributed by atoms with Crippen molar-refractivity contribution in [2.24, 2.45) is 4.99 Å². The highest BCUT2D eigenvalue weighted by molar-refractivity contribution is 14.1. The second kappa shape index (κ2) is 6.46. The summed E-state index contributed by atoms with van der Waals surface area (Å²) in [6, 6.07) is 7.12. The van der Waals surface area contributed by atoms with E-state index < -0.39 is 5.97 Å². The van der Waals surface area contributed by atoms with Crippen molar-refractivity contribution in [2.45, 2.75) is 0 Å². The van der Waals surface area contributed by atoms with Gasteiger partial charge in [0.15, 0.2) is 10.4 Å². The van der Waals surface area contributed by atoms with Gasteiger partial charge in [0.1, 0.15) is 5.76 Å². The zero-order valence-electron chi connectivity index (χ0n) is 10.6. The lowest BCUT2D eigenvalue weighted by molar-refractivity contribution is -0.129. The van der Waals surface area contributed by atoms with Gasteiger partial charge in [-0.3, -0.25) is 0 Å². The Hall–Kier alpha value is -0.640. The van der Waals surface area contributed by atoms with Crippen LogP contribution in [0.2, 0.25) is 5.02 Å². The topological polar surface area (TPSA) is 51.8 Å². The molecule has 1 aliphatic heterocycles. The lowest BCUT2D eigenvalue weighted by Crippen LogP contribution is -2.06. The first-order valence-electron chi connectivity index (χ1n) is 5.87. The molecular weight excluding hydrogens is 552 g/mol. The molecule has 0 N–H and O–H groups in total. The van der Waals surface area contributed by atoms with Gasteiger partial charge in [-0.25, -0.2) is 9.79 Å². The third-order valence-corrected chi connectivity index (χ3v) is 5.43. The van der Waals surface area contributed by atoms with Crippen LogP contribution in [0.1, 0.15) is 11.3 Å². The van der Waals surface area contributed by atoms with Crippen LogP contribution in [-0.2, 0) is 9.53 Å². The van der Waals surface area contributed by atoms with Crippen molar-refractivity contribution in [1.29, 1.82) is 0 Å². The van der Waals surface area contributed by atoms with Crippen molar-refractivity contribution < 1.29 is 13.9 Å². The van der Waals surface area contributed by atoms with Gasteiger partial charge < -0.3 is 9.15 Å². The fourth-order valence-corrected chi connectivity index (χ4v) is 3.05. The molecule has 0 spiro atoms. The predicted molar refractivity (Wildman–Crippen MR) is 98.9 cm³/mol. The van der Waals surface area contributed by atoms with Crippen LogP contribution in [0.25, 0.3) is 6.08 Å². The van der Waals surface area contributed by atoms with Crippen molar-refractivity contribution in [3.05, 3.63) is 59.0 Å². The highest BCUT2D eigenvalue weighted by atomic mass is 127. The molecule has 2 aromatic rings. The molecule has 2 heterocycles. The number of ether oxygens (including phenoxy) is 1. The molecule has 0 fully saturated rings. The number of hydrogen-bond donors (Lipinski definition) is 0. The Balaban J connectivity index is 1.99. The SMILES string of the molecule is O=C1OC(c2cc(I)ccc2Cl)=N/C1=C\c1cc(Br)c(Br)o1. The van der Waals surface area contributed by atoms with Crippen molar-refractivity contribution >= 4 is 84.0 Å². The Morgan fingerprint density at radius 2 is 2.05 bits per heavy atom. The average Bonchev–Trinajstić information content (AvgIpc) is 2.97. The fraction of sp³-hybridized carbons (Fsp3) is 0. The van der Waals surface area contributed by atoms with E-state index in [0.717, 1.165) is 8.04 Å². The molecule has 8 heteroatoms. The van der Waals surface area contributed by atoms with Crippen LogP contribution in [0, 0.1) is 3.57 Å². The minimum atomic E-state index is -0.548. The molecule has 112 valence electrons. The van der Waals surface area contributed by atoms with E-state index in [9.17, 15) is 4.79 Å². The molecule has 0 aliphatic carbocycles. The number of carbonyl (C=O) groups excluding carboxylic acids is 1. The first-order chi connectivity index (χ1) is 10.4. The first-order valence-corrected chi connectivity index (χ1v) is 8.91. The second-order valence-corrected chi connectivity index (χ2v) is 7.46. The minimum Gasteiger partial charge on any atom is -0.449 e. The van der Waals surface area contributed by atoms with Crippen LogP contribution in [0.15, 0.2) is 48.5 Å². The Kier molecular flexibility index (Phi) is 4.77. The van der Waals surface area contributed by atoms with E-state index in [-0.39, 0.29) is 11.6 Å². The molecule has 4 nitrogen and oxygen atoms in total. The molecule has 0 atom stereocenters. The van der Waals surface area contributed by atoms with E-state index in [4.69, 9.17) is 20.8 Å². The van der Waals surface area contributed by atoms with Crippen LogP contribution >= 0.6 is 66.1 Å². The molecule has 0 bridgehead atoms. The number of benzene rings is 1. The Morgan fingerprint density at radius 1 is 1.27 bits per heavy atom. The van der Waals surface area contributed by atoms with Crippen LogP contribution in [0.4, 0.5) is 0 Å². The summed E-state index contributed by atoms with van der Waals surface area (Å²) in [6.07, 6.45) is 1.51. The van der Waals surface area contributed by atoms with Crippen molar-refractivity contribution in [2.75, 3.05) is 0 Å². The zero-order chi connectivity index (χ0) is 15.9. The maximum absolute atomic E-state index is 11.9. The van der Waals surface area contributed by atoms with Crippen molar-refractivity contribution in [3.8, 4) is 0 Å². The summed E-state index contributed by atoms with van der Waals surface area (Å²) in [7, 11) is 0. The molecule has 1 aliphatic rings. The van der Waals surface area contributed by atoms with E-state index in [1.54, 1.807) is 18.2 Å².